The fourth-order valence-electron chi connectivity index (χ4n) is 2.79. The van der Waals surface area contributed by atoms with Crippen molar-refractivity contribution < 1.29 is 9.53 Å². The SMILES string of the molecule is Cc1ccc(OCc2nc(CC(=O)NCCN3CCNCC3)cs2)cc1. The number of piperazine rings is 1. The van der Waals surface area contributed by atoms with Crippen LogP contribution in [0.1, 0.15) is 16.3 Å². The fourth-order valence-corrected chi connectivity index (χ4v) is 3.50. The van der Waals surface area contributed by atoms with Crippen molar-refractivity contribution >= 4 is 17.2 Å². The normalized spacial score (nSPS) is 15.0. The second kappa shape index (κ2) is 9.66. The maximum absolute atomic E-state index is 12.1. The van der Waals surface area contributed by atoms with Crippen molar-refractivity contribution in [2.45, 2.75) is 20.0 Å². The molecule has 1 aromatic carbocycles. The Morgan fingerprint density at radius 2 is 2.08 bits per heavy atom. The minimum atomic E-state index is 0.0245. The van der Waals surface area contributed by atoms with Gasteiger partial charge < -0.3 is 15.4 Å². The maximum atomic E-state index is 12.1. The first kappa shape index (κ1) is 18.8. The molecular formula is C19H26N4O2S. The largest absolute Gasteiger partial charge is 0.486 e. The van der Waals surface area contributed by atoms with E-state index in [0.29, 0.717) is 19.6 Å². The quantitative estimate of drug-likeness (QED) is 0.735. The predicted octanol–water partition coefficient (Wildman–Crippen LogP) is 1.59. The average molecular weight is 375 g/mol. The summed E-state index contributed by atoms with van der Waals surface area (Å²) in [6.07, 6.45) is 0.322. The van der Waals surface area contributed by atoms with Crippen LogP contribution in [0, 0.1) is 6.92 Å². The number of amides is 1. The molecule has 1 fully saturated rings. The number of nitrogens with one attached hydrogen (secondary N) is 2. The summed E-state index contributed by atoms with van der Waals surface area (Å²) < 4.78 is 5.73. The summed E-state index contributed by atoms with van der Waals surface area (Å²) in [5, 5.41) is 9.13. The molecule has 1 saturated heterocycles. The number of rotatable bonds is 8. The van der Waals surface area contributed by atoms with Crippen LogP contribution in [0.15, 0.2) is 29.6 Å². The summed E-state index contributed by atoms with van der Waals surface area (Å²) in [7, 11) is 0. The van der Waals surface area contributed by atoms with Crippen LogP contribution < -0.4 is 15.4 Å². The lowest BCUT2D eigenvalue weighted by Crippen LogP contribution is -2.46. The smallest absolute Gasteiger partial charge is 0.226 e. The van der Waals surface area contributed by atoms with Crippen LogP contribution >= 0.6 is 11.3 Å². The van der Waals surface area contributed by atoms with Gasteiger partial charge in [-0.15, -0.1) is 11.3 Å². The van der Waals surface area contributed by atoms with Gasteiger partial charge in [0, 0.05) is 44.6 Å². The van der Waals surface area contributed by atoms with Gasteiger partial charge in [0.15, 0.2) is 0 Å². The molecule has 0 unspecified atom stereocenters. The highest BCUT2D eigenvalue weighted by Crippen LogP contribution is 2.16. The molecule has 0 bridgehead atoms. The zero-order valence-electron chi connectivity index (χ0n) is 15.2. The van der Waals surface area contributed by atoms with E-state index in [4.69, 9.17) is 4.74 Å². The Labute approximate surface area is 158 Å². The van der Waals surface area contributed by atoms with E-state index >= 15 is 0 Å². The second-order valence-electron chi connectivity index (χ2n) is 6.45. The average Bonchev–Trinajstić information content (AvgIpc) is 3.09. The molecule has 140 valence electrons. The molecule has 6 nitrogen and oxygen atoms in total. The van der Waals surface area contributed by atoms with Gasteiger partial charge in [-0.3, -0.25) is 9.69 Å². The number of carbonyl (C=O) groups is 1. The van der Waals surface area contributed by atoms with Crippen LogP contribution in [0.2, 0.25) is 0 Å². The van der Waals surface area contributed by atoms with Crippen LogP contribution in [-0.4, -0.2) is 55.1 Å². The Hall–Kier alpha value is -1.96. The summed E-state index contributed by atoms with van der Waals surface area (Å²) in [6.45, 7) is 8.22. The zero-order valence-corrected chi connectivity index (χ0v) is 16.0. The standard InChI is InChI=1S/C19H26N4O2S/c1-15-2-4-17(5-3-15)25-13-19-22-16(14-26-19)12-18(24)21-8-11-23-9-6-20-7-10-23/h2-5,14,20H,6-13H2,1H3,(H,21,24). The Balaban J connectivity index is 1.37. The number of ether oxygens (including phenoxy) is 1. The van der Waals surface area contributed by atoms with Gasteiger partial charge in [-0.2, -0.15) is 0 Å². The third kappa shape index (κ3) is 6.09. The first-order valence-electron chi connectivity index (χ1n) is 9.01. The van der Waals surface area contributed by atoms with E-state index in [-0.39, 0.29) is 5.91 Å². The van der Waals surface area contributed by atoms with Crippen LogP contribution in [0.5, 0.6) is 5.75 Å². The van der Waals surface area contributed by atoms with Crippen LogP contribution in [0.4, 0.5) is 0 Å². The van der Waals surface area contributed by atoms with Crippen molar-refractivity contribution in [2.75, 3.05) is 39.3 Å². The molecule has 2 aromatic rings. The third-order valence-corrected chi connectivity index (χ3v) is 5.16. The second-order valence-corrected chi connectivity index (χ2v) is 7.40. The molecule has 3 rings (SSSR count). The van der Waals surface area contributed by atoms with Crippen molar-refractivity contribution in [1.29, 1.82) is 0 Å². The summed E-state index contributed by atoms with van der Waals surface area (Å²) in [6, 6.07) is 7.95. The molecule has 1 aliphatic rings. The fraction of sp³-hybridized carbons (Fsp3) is 0.474. The number of hydrogen-bond donors (Lipinski definition) is 2. The molecule has 1 aliphatic heterocycles. The number of hydrogen-bond acceptors (Lipinski definition) is 6. The van der Waals surface area contributed by atoms with Gasteiger partial charge in [-0.1, -0.05) is 17.7 Å². The highest BCUT2D eigenvalue weighted by atomic mass is 32.1. The van der Waals surface area contributed by atoms with Crippen molar-refractivity contribution in [3.8, 4) is 5.75 Å². The van der Waals surface area contributed by atoms with Crippen molar-refractivity contribution in [2.24, 2.45) is 0 Å². The van der Waals surface area contributed by atoms with Gasteiger partial charge in [0.05, 0.1) is 12.1 Å². The highest BCUT2D eigenvalue weighted by molar-refractivity contribution is 7.09. The lowest BCUT2D eigenvalue weighted by atomic mass is 10.2. The first-order valence-corrected chi connectivity index (χ1v) is 9.89. The van der Waals surface area contributed by atoms with E-state index in [9.17, 15) is 4.79 Å². The Morgan fingerprint density at radius 3 is 2.85 bits per heavy atom. The summed E-state index contributed by atoms with van der Waals surface area (Å²) in [5.41, 5.74) is 2.01. The molecule has 0 atom stereocenters. The lowest BCUT2D eigenvalue weighted by Gasteiger charge is -2.27. The molecule has 0 spiro atoms. The summed E-state index contributed by atoms with van der Waals surface area (Å²) in [5.74, 6) is 0.856. The highest BCUT2D eigenvalue weighted by Gasteiger charge is 2.11. The van der Waals surface area contributed by atoms with Gasteiger partial charge in [-0.05, 0) is 19.1 Å². The molecule has 2 heterocycles. The van der Waals surface area contributed by atoms with Gasteiger partial charge in [0.25, 0.3) is 0 Å². The predicted molar refractivity (Wildman–Crippen MR) is 104 cm³/mol. The lowest BCUT2D eigenvalue weighted by molar-refractivity contribution is -0.120. The number of aromatic nitrogens is 1. The third-order valence-electron chi connectivity index (χ3n) is 4.28. The number of aryl methyl sites for hydroxylation is 1. The molecule has 0 radical (unpaired) electrons. The minimum Gasteiger partial charge on any atom is -0.486 e. The van der Waals surface area contributed by atoms with Gasteiger partial charge >= 0.3 is 0 Å². The monoisotopic (exact) mass is 374 g/mol. The zero-order chi connectivity index (χ0) is 18.2. The molecule has 0 aliphatic carbocycles. The summed E-state index contributed by atoms with van der Waals surface area (Å²) in [4.78, 5) is 18.9. The van der Waals surface area contributed by atoms with Crippen molar-refractivity contribution in [3.05, 3.63) is 45.9 Å². The van der Waals surface area contributed by atoms with Gasteiger partial charge in [0.1, 0.15) is 17.4 Å². The van der Waals surface area contributed by atoms with Crippen molar-refractivity contribution in [3.63, 3.8) is 0 Å². The molecule has 1 amide bonds. The maximum Gasteiger partial charge on any atom is 0.226 e. The molecule has 7 heteroatoms. The van der Waals surface area contributed by atoms with Gasteiger partial charge in [-0.25, -0.2) is 4.98 Å². The van der Waals surface area contributed by atoms with E-state index in [1.54, 1.807) is 0 Å². The van der Waals surface area contributed by atoms with E-state index in [2.05, 4.69) is 20.5 Å². The van der Waals surface area contributed by atoms with Crippen LogP contribution in [0.3, 0.4) is 0 Å². The van der Waals surface area contributed by atoms with Crippen molar-refractivity contribution in [1.82, 2.24) is 20.5 Å². The van der Waals surface area contributed by atoms with E-state index in [1.165, 1.54) is 16.9 Å². The molecule has 1 aromatic heterocycles. The minimum absolute atomic E-state index is 0.0245. The Morgan fingerprint density at radius 1 is 1.31 bits per heavy atom. The Bertz CT molecular complexity index is 696. The number of thiazole rings is 1. The topological polar surface area (TPSA) is 66.5 Å². The molecular weight excluding hydrogens is 348 g/mol. The van der Waals surface area contributed by atoms with Crippen LogP contribution in [-0.2, 0) is 17.8 Å². The number of carbonyl (C=O) groups excluding carboxylic acids is 1. The first-order chi connectivity index (χ1) is 12.7. The van der Waals surface area contributed by atoms with E-state index in [0.717, 1.165) is 49.2 Å². The Kier molecular flexibility index (Phi) is 6.99. The molecule has 0 saturated carbocycles. The van der Waals surface area contributed by atoms with E-state index < -0.39 is 0 Å². The number of nitrogens with zero attached hydrogens (tertiary/aromatic N) is 2. The molecule has 26 heavy (non-hydrogen) atoms. The molecule has 2 N–H and O–H groups in total. The summed E-state index contributed by atoms with van der Waals surface area (Å²) >= 11 is 1.53. The number of benzene rings is 1. The van der Waals surface area contributed by atoms with Crippen LogP contribution in [0.25, 0.3) is 0 Å². The van der Waals surface area contributed by atoms with E-state index in [1.807, 2.05) is 36.6 Å². The van der Waals surface area contributed by atoms with Gasteiger partial charge in [0.2, 0.25) is 5.91 Å².